The average molecular weight is 506 g/mol. The number of halogens is 2. The summed E-state index contributed by atoms with van der Waals surface area (Å²) in [6.45, 7) is 3.40. The summed E-state index contributed by atoms with van der Waals surface area (Å²) in [5.41, 5.74) is 4.80. The number of carbonyl (C=O) groups is 2. The lowest BCUT2D eigenvalue weighted by atomic mass is 10.0. The lowest BCUT2D eigenvalue weighted by molar-refractivity contribution is -0.148. The number of rotatable bonds is 11. The molecule has 0 aliphatic heterocycles. The van der Waals surface area contributed by atoms with E-state index in [4.69, 9.17) is 33.1 Å². The van der Waals surface area contributed by atoms with E-state index < -0.39 is 18.0 Å². The van der Waals surface area contributed by atoms with Gasteiger partial charge in [0, 0.05) is 22.2 Å². The van der Waals surface area contributed by atoms with E-state index in [0.29, 0.717) is 10.0 Å². The summed E-state index contributed by atoms with van der Waals surface area (Å²) in [5, 5.41) is 28.6. The van der Waals surface area contributed by atoms with Crippen molar-refractivity contribution in [1.82, 2.24) is 25.6 Å². The maximum atomic E-state index is 12.6. The first-order valence-corrected chi connectivity index (χ1v) is 10.7. The summed E-state index contributed by atoms with van der Waals surface area (Å²) in [7, 11) is 0. The molecular weight excluding hydrogens is 485 g/mol. The van der Waals surface area contributed by atoms with Gasteiger partial charge < -0.3 is 15.1 Å². The lowest BCUT2D eigenvalue weighted by Crippen LogP contribution is -2.47. The van der Waals surface area contributed by atoms with E-state index in [1.165, 1.54) is 17.3 Å². The summed E-state index contributed by atoms with van der Waals surface area (Å²) in [6.07, 6.45) is 1.03. The molecule has 0 radical (unpaired) electrons. The Morgan fingerprint density at radius 1 is 1.24 bits per heavy atom. The van der Waals surface area contributed by atoms with Crippen LogP contribution in [0.15, 0.2) is 61.3 Å². The number of aliphatic carboxylic acids is 1. The Bertz CT molecular complexity index is 1170. The maximum Gasteiger partial charge on any atom is 0.333 e. The van der Waals surface area contributed by atoms with E-state index in [9.17, 15) is 14.7 Å². The van der Waals surface area contributed by atoms with Gasteiger partial charge in [-0.2, -0.15) is 0 Å². The summed E-state index contributed by atoms with van der Waals surface area (Å²) >= 11 is 12.3. The predicted molar refractivity (Wildman–Crippen MR) is 125 cm³/mol. The Balaban J connectivity index is 1.74. The molecular formula is C22H21Cl2N5O5. The third kappa shape index (κ3) is 6.78. The van der Waals surface area contributed by atoms with Crippen molar-refractivity contribution in [2.45, 2.75) is 12.6 Å². The maximum absolute atomic E-state index is 12.6. The number of nitrogens with one attached hydrogen (secondary N) is 1. The van der Waals surface area contributed by atoms with E-state index in [2.05, 4.69) is 22.3 Å². The number of benzene rings is 2. The standard InChI is InChI=1S/C22H21Cl2N5O5/c1-2-9-34-29-12-19(25-27-29)21(31)26-28(13-20(30)22(32)33)11-14-3-5-15(6-4-14)17-10-16(23)7-8-18(17)24/h2-8,10,12,20,30H,1,9,11,13H2,(H,26,31)(H,32,33). The van der Waals surface area contributed by atoms with Crippen molar-refractivity contribution in [2.75, 3.05) is 13.2 Å². The van der Waals surface area contributed by atoms with Gasteiger partial charge in [-0.15, -0.1) is 5.10 Å². The Hall–Kier alpha value is -3.44. The summed E-state index contributed by atoms with van der Waals surface area (Å²) in [5.74, 6) is -2.08. The molecule has 0 bridgehead atoms. The Kier molecular flexibility index (Phi) is 8.61. The molecule has 1 atom stereocenters. The fourth-order valence-corrected chi connectivity index (χ4v) is 3.31. The van der Waals surface area contributed by atoms with Crippen LogP contribution >= 0.6 is 23.2 Å². The second kappa shape index (κ2) is 11.6. The number of aliphatic hydroxyl groups excluding tert-OH is 1. The molecule has 0 saturated heterocycles. The molecule has 0 aliphatic carbocycles. The van der Waals surface area contributed by atoms with Crippen molar-refractivity contribution in [3.63, 3.8) is 0 Å². The molecule has 2 aromatic carbocycles. The number of amides is 1. The van der Waals surface area contributed by atoms with E-state index in [-0.39, 0.29) is 25.4 Å². The van der Waals surface area contributed by atoms with Crippen LogP contribution in [0.3, 0.4) is 0 Å². The van der Waals surface area contributed by atoms with E-state index in [1.54, 1.807) is 30.3 Å². The quantitative estimate of drug-likeness (QED) is 0.267. The van der Waals surface area contributed by atoms with Crippen molar-refractivity contribution < 1.29 is 24.6 Å². The topological polar surface area (TPSA) is 130 Å². The van der Waals surface area contributed by atoms with Gasteiger partial charge in [-0.05, 0) is 34.5 Å². The van der Waals surface area contributed by atoms with Gasteiger partial charge in [-0.3, -0.25) is 10.2 Å². The summed E-state index contributed by atoms with van der Waals surface area (Å²) in [6, 6.07) is 12.4. The molecule has 3 rings (SSSR count). The molecule has 12 heteroatoms. The van der Waals surface area contributed by atoms with Crippen molar-refractivity contribution in [1.29, 1.82) is 0 Å². The number of hydrogen-bond acceptors (Lipinski definition) is 7. The molecule has 1 heterocycles. The summed E-state index contributed by atoms with van der Waals surface area (Å²) < 4.78 is 0. The van der Waals surface area contributed by atoms with Gasteiger partial charge in [0.1, 0.15) is 12.8 Å². The minimum absolute atomic E-state index is 0.0650. The number of hydrogen-bond donors (Lipinski definition) is 3. The molecule has 1 aromatic heterocycles. The van der Waals surface area contributed by atoms with Crippen LogP contribution in [0.2, 0.25) is 10.0 Å². The van der Waals surface area contributed by atoms with E-state index in [1.807, 2.05) is 12.1 Å². The molecule has 1 amide bonds. The lowest BCUT2D eigenvalue weighted by Gasteiger charge is -2.24. The van der Waals surface area contributed by atoms with Crippen LogP contribution in [0, 0.1) is 0 Å². The van der Waals surface area contributed by atoms with Gasteiger partial charge in [0.25, 0.3) is 5.91 Å². The molecule has 10 nitrogen and oxygen atoms in total. The molecule has 34 heavy (non-hydrogen) atoms. The van der Waals surface area contributed by atoms with Crippen molar-refractivity contribution in [3.05, 3.63) is 82.6 Å². The van der Waals surface area contributed by atoms with Crippen molar-refractivity contribution in [3.8, 4) is 11.1 Å². The number of nitrogens with zero attached hydrogens (tertiary/aromatic N) is 4. The Morgan fingerprint density at radius 2 is 1.97 bits per heavy atom. The Morgan fingerprint density at radius 3 is 2.65 bits per heavy atom. The molecule has 178 valence electrons. The zero-order chi connectivity index (χ0) is 24.7. The number of carboxylic acids is 1. The zero-order valence-corrected chi connectivity index (χ0v) is 19.3. The number of carboxylic acid groups (broad SMARTS) is 1. The van der Waals surface area contributed by atoms with Gasteiger partial charge in [-0.1, -0.05) is 65.0 Å². The number of hydrazine groups is 1. The smallest absolute Gasteiger partial charge is 0.333 e. The number of aromatic nitrogens is 3. The fourth-order valence-electron chi connectivity index (χ4n) is 2.91. The largest absolute Gasteiger partial charge is 0.479 e. The molecule has 0 aliphatic rings. The third-order valence-corrected chi connectivity index (χ3v) is 5.10. The fraction of sp³-hybridized carbons (Fsp3) is 0.182. The van der Waals surface area contributed by atoms with Crippen LogP contribution in [0.5, 0.6) is 0 Å². The normalized spacial score (nSPS) is 11.8. The second-order valence-corrected chi connectivity index (χ2v) is 7.93. The zero-order valence-electron chi connectivity index (χ0n) is 17.8. The molecule has 1 unspecified atom stereocenters. The molecule has 3 N–H and O–H groups in total. The first-order chi connectivity index (χ1) is 16.3. The van der Waals surface area contributed by atoms with Crippen molar-refractivity contribution in [2.24, 2.45) is 0 Å². The minimum Gasteiger partial charge on any atom is -0.479 e. The predicted octanol–water partition coefficient (Wildman–Crippen LogP) is 2.46. The molecule has 3 aromatic rings. The van der Waals surface area contributed by atoms with Crippen LogP contribution in [0.25, 0.3) is 11.1 Å². The van der Waals surface area contributed by atoms with Crippen LogP contribution in [-0.4, -0.2) is 61.5 Å². The van der Waals surface area contributed by atoms with Crippen LogP contribution in [0.4, 0.5) is 0 Å². The highest BCUT2D eigenvalue weighted by Gasteiger charge is 2.22. The second-order valence-electron chi connectivity index (χ2n) is 7.09. The highest BCUT2D eigenvalue weighted by atomic mass is 35.5. The van der Waals surface area contributed by atoms with Gasteiger partial charge in [-0.25, -0.2) is 9.80 Å². The minimum atomic E-state index is -1.73. The van der Waals surface area contributed by atoms with Crippen molar-refractivity contribution >= 4 is 35.1 Å². The molecule has 0 saturated carbocycles. The summed E-state index contributed by atoms with van der Waals surface area (Å²) in [4.78, 5) is 29.9. The van der Waals surface area contributed by atoms with E-state index >= 15 is 0 Å². The number of carbonyl (C=O) groups excluding carboxylic acids is 1. The SMILES string of the molecule is C=CCOn1cc(C(=O)NN(Cc2ccc(-c3cc(Cl)ccc3Cl)cc2)CC(O)C(=O)O)nn1. The first-order valence-electron chi connectivity index (χ1n) is 9.94. The van der Waals surface area contributed by atoms with Crippen LogP contribution < -0.4 is 10.3 Å². The highest BCUT2D eigenvalue weighted by molar-refractivity contribution is 6.35. The monoisotopic (exact) mass is 505 g/mol. The van der Waals surface area contributed by atoms with Gasteiger partial charge >= 0.3 is 5.97 Å². The first kappa shape index (κ1) is 25.2. The average Bonchev–Trinajstić information content (AvgIpc) is 3.29. The highest BCUT2D eigenvalue weighted by Crippen LogP contribution is 2.30. The van der Waals surface area contributed by atoms with Gasteiger partial charge in [0.2, 0.25) is 0 Å². The van der Waals surface area contributed by atoms with E-state index in [0.717, 1.165) is 21.5 Å². The van der Waals surface area contributed by atoms with Crippen LogP contribution in [0.1, 0.15) is 16.1 Å². The van der Waals surface area contributed by atoms with Gasteiger partial charge in [0.15, 0.2) is 11.8 Å². The molecule has 0 spiro atoms. The molecule has 0 fully saturated rings. The van der Waals surface area contributed by atoms with Crippen LogP contribution in [-0.2, 0) is 11.3 Å². The number of aliphatic hydroxyl groups is 1. The third-order valence-electron chi connectivity index (χ3n) is 4.54. The Labute approximate surface area is 204 Å². The van der Waals surface area contributed by atoms with Gasteiger partial charge in [0.05, 0.1) is 6.54 Å².